The van der Waals surface area contributed by atoms with Crippen LogP contribution >= 0.6 is 0 Å². The van der Waals surface area contributed by atoms with E-state index in [1.807, 2.05) is 0 Å². The molecule has 3 atom stereocenters. The Morgan fingerprint density at radius 1 is 1.17 bits per heavy atom. The summed E-state index contributed by atoms with van der Waals surface area (Å²) in [5.41, 5.74) is 0.818. The van der Waals surface area contributed by atoms with Crippen LogP contribution in [0.1, 0.15) is 28.9 Å². The highest BCUT2D eigenvalue weighted by Crippen LogP contribution is 2.43. The number of aliphatic hydroxyl groups excluding tert-OH is 1. The summed E-state index contributed by atoms with van der Waals surface area (Å²) in [7, 11) is 1.23. The van der Waals surface area contributed by atoms with Gasteiger partial charge in [-0.1, -0.05) is 6.07 Å². The minimum absolute atomic E-state index is 0.113. The van der Waals surface area contributed by atoms with Crippen molar-refractivity contribution in [2.75, 3.05) is 20.5 Å². The highest BCUT2D eigenvalue weighted by atomic mass is 16.7. The van der Waals surface area contributed by atoms with Gasteiger partial charge in [0, 0.05) is 0 Å². The minimum atomic E-state index is -1.18. The standard InChI is InChI=1S/C21H20O8/c1-11(9-22)28-13-4-6-15-14(8-13)19(23)18(21(24)25-2)20(29-15)12-3-5-16-17(7-12)27-10-26-16/h3-8,11,18,20,22H,9-10H2,1-2H3/t11?,18-,20+/m0/s1. The molecule has 8 nitrogen and oxygen atoms in total. The Bertz CT molecular complexity index is 954. The second-order valence-corrected chi connectivity index (χ2v) is 6.79. The Kier molecular flexibility index (Phi) is 5.02. The van der Waals surface area contributed by atoms with Crippen LogP contribution in [0.15, 0.2) is 36.4 Å². The monoisotopic (exact) mass is 400 g/mol. The molecule has 0 aromatic heterocycles. The van der Waals surface area contributed by atoms with Gasteiger partial charge >= 0.3 is 5.97 Å². The number of carbonyl (C=O) groups is 2. The Hall–Kier alpha value is -3.26. The molecule has 0 aliphatic carbocycles. The molecule has 152 valence electrons. The second kappa shape index (κ2) is 7.63. The van der Waals surface area contributed by atoms with Gasteiger partial charge in [0.05, 0.1) is 19.3 Å². The number of hydrogen-bond donors (Lipinski definition) is 1. The van der Waals surface area contributed by atoms with Gasteiger partial charge in [-0.05, 0) is 42.8 Å². The van der Waals surface area contributed by atoms with E-state index in [-0.39, 0.29) is 19.0 Å². The molecular weight excluding hydrogens is 380 g/mol. The van der Waals surface area contributed by atoms with E-state index in [1.54, 1.807) is 37.3 Å². The smallest absolute Gasteiger partial charge is 0.320 e. The first kappa shape index (κ1) is 19.1. The molecule has 2 aliphatic rings. The first-order chi connectivity index (χ1) is 14.0. The van der Waals surface area contributed by atoms with Crippen LogP contribution in [0.25, 0.3) is 0 Å². The van der Waals surface area contributed by atoms with Gasteiger partial charge in [0.1, 0.15) is 23.7 Å². The van der Waals surface area contributed by atoms with E-state index in [9.17, 15) is 9.59 Å². The van der Waals surface area contributed by atoms with Crippen LogP contribution in [0, 0.1) is 5.92 Å². The lowest BCUT2D eigenvalue weighted by Crippen LogP contribution is -2.38. The zero-order valence-electron chi connectivity index (χ0n) is 15.9. The van der Waals surface area contributed by atoms with Crippen molar-refractivity contribution >= 4 is 11.8 Å². The summed E-state index contributed by atoms with van der Waals surface area (Å²) in [5, 5.41) is 9.16. The molecule has 1 unspecified atom stereocenters. The van der Waals surface area contributed by atoms with Gasteiger partial charge in [-0.15, -0.1) is 0 Å². The summed E-state index contributed by atoms with van der Waals surface area (Å²) >= 11 is 0. The fourth-order valence-corrected chi connectivity index (χ4v) is 3.37. The molecule has 0 saturated heterocycles. The molecule has 4 rings (SSSR count). The average molecular weight is 400 g/mol. The van der Waals surface area contributed by atoms with Crippen molar-refractivity contribution in [2.45, 2.75) is 19.1 Å². The molecule has 1 N–H and O–H groups in total. The SMILES string of the molecule is COC(=O)[C@H]1C(=O)c2cc(OC(C)CO)ccc2O[C@@H]1c1ccc2c(c1)OCO2. The molecule has 0 radical (unpaired) electrons. The first-order valence-electron chi connectivity index (χ1n) is 9.11. The maximum Gasteiger partial charge on any atom is 0.320 e. The third-order valence-electron chi connectivity index (χ3n) is 4.83. The van der Waals surface area contributed by atoms with Crippen LogP contribution in [0.3, 0.4) is 0 Å². The lowest BCUT2D eigenvalue weighted by Gasteiger charge is -2.31. The molecule has 2 aromatic carbocycles. The second-order valence-electron chi connectivity index (χ2n) is 6.79. The zero-order chi connectivity index (χ0) is 20.5. The van der Waals surface area contributed by atoms with Gasteiger partial charge in [-0.2, -0.15) is 0 Å². The molecule has 0 amide bonds. The summed E-state index contributed by atoms with van der Waals surface area (Å²) in [6.07, 6.45) is -1.31. The van der Waals surface area contributed by atoms with E-state index in [1.165, 1.54) is 13.2 Å². The van der Waals surface area contributed by atoms with Gasteiger partial charge in [0.15, 0.2) is 23.2 Å². The number of Topliss-reactive ketones (excluding diaryl/α,β-unsaturated/α-hetero) is 1. The zero-order valence-corrected chi connectivity index (χ0v) is 15.9. The molecule has 0 spiro atoms. The van der Waals surface area contributed by atoms with Crippen LogP contribution in [0.5, 0.6) is 23.0 Å². The van der Waals surface area contributed by atoms with Crippen molar-refractivity contribution in [3.63, 3.8) is 0 Å². The molecular formula is C21H20O8. The summed E-state index contributed by atoms with van der Waals surface area (Å²) in [6, 6.07) is 9.90. The van der Waals surface area contributed by atoms with Gasteiger partial charge in [-0.3, -0.25) is 9.59 Å². The predicted octanol–water partition coefficient (Wildman–Crippen LogP) is 2.28. The Morgan fingerprint density at radius 3 is 2.69 bits per heavy atom. The fourth-order valence-electron chi connectivity index (χ4n) is 3.37. The lowest BCUT2D eigenvalue weighted by molar-refractivity contribution is -0.146. The minimum Gasteiger partial charge on any atom is -0.488 e. The number of esters is 1. The van der Waals surface area contributed by atoms with E-state index in [0.717, 1.165) is 0 Å². The summed E-state index contributed by atoms with van der Waals surface area (Å²) in [4.78, 5) is 25.7. The molecule has 29 heavy (non-hydrogen) atoms. The third-order valence-corrected chi connectivity index (χ3v) is 4.83. The maximum absolute atomic E-state index is 13.2. The quantitative estimate of drug-likeness (QED) is 0.603. The largest absolute Gasteiger partial charge is 0.488 e. The van der Waals surface area contributed by atoms with Gasteiger partial charge < -0.3 is 28.8 Å². The van der Waals surface area contributed by atoms with Crippen LogP contribution in [-0.4, -0.2) is 43.5 Å². The summed E-state index contributed by atoms with van der Waals surface area (Å²) < 4.78 is 27.2. The van der Waals surface area contributed by atoms with Gasteiger partial charge in [0.2, 0.25) is 6.79 Å². The number of hydrogen-bond acceptors (Lipinski definition) is 8. The summed E-state index contributed by atoms with van der Waals surface area (Å²) in [6.45, 7) is 1.64. The molecule has 0 saturated carbocycles. The van der Waals surface area contributed by atoms with Crippen LogP contribution < -0.4 is 18.9 Å². The lowest BCUT2D eigenvalue weighted by atomic mass is 9.85. The Morgan fingerprint density at radius 2 is 1.93 bits per heavy atom. The molecule has 0 bridgehead atoms. The number of aliphatic hydroxyl groups is 1. The average Bonchev–Trinajstić information content (AvgIpc) is 3.21. The van der Waals surface area contributed by atoms with Gasteiger partial charge in [0.25, 0.3) is 0 Å². The van der Waals surface area contributed by atoms with Gasteiger partial charge in [-0.25, -0.2) is 0 Å². The normalized spacial score (nSPS) is 20.4. The number of methoxy groups -OCH3 is 1. The predicted molar refractivity (Wildman–Crippen MR) is 99.4 cm³/mol. The van der Waals surface area contributed by atoms with Crippen molar-refractivity contribution in [2.24, 2.45) is 5.92 Å². The number of rotatable bonds is 5. The van der Waals surface area contributed by atoms with Crippen LogP contribution in [-0.2, 0) is 9.53 Å². The van der Waals surface area contributed by atoms with Crippen molar-refractivity contribution in [1.29, 1.82) is 0 Å². The highest BCUT2D eigenvalue weighted by molar-refractivity contribution is 6.11. The fraction of sp³-hybridized carbons (Fsp3) is 0.333. The third kappa shape index (κ3) is 3.47. The van der Waals surface area contributed by atoms with E-state index in [4.69, 9.17) is 28.8 Å². The maximum atomic E-state index is 13.2. The first-order valence-corrected chi connectivity index (χ1v) is 9.11. The molecule has 2 aromatic rings. The Labute approximate surface area is 166 Å². The summed E-state index contributed by atoms with van der Waals surface area (Å²) in [5.74, 6) is -0.464. The topological polar surface area (TPSA) is 101 Å². The van der Waals surface area contributed by atoms with Crippen molar-refractivity contribution < 1.29 is 38.4 Å². The van der Waals surface area contributed by atoms with E-state index in [0.29, 0.717) is 28.6 Å². The number of fused-ring (bicyclic) bond motifs is 2. The Balaban J connectivity index is 1.72. The van der Waals surface area contributed by atoms with Crippen LogP contribution in [0.2, 0.25) is 0 Å². The molecule has 2 heterocycles. The van der Waals surface area contributed by atoms with Crippen LogP contribution in [0.4, 0.5) is 0 Å². The van der Waals surface area contributed by atoms with Crippen molar-refractivity contribution in [3.05, 3.63) is 47.5 Å². The molecule has 8 heteroatoms. The molecule has 0 fully saturated rings. The van der Waals surface area contributed by atoms with E-state index < -0.39 is 29.9 Å². The van der Waals surface area contributed by atoms with E-state index >= 15 is 0 Å². The van der Waals surface area contributed by atoms with E-state index in [2.05, 4.69) is 0 Å². The van der Waals surface area contributed by atoms with Crippen molar-refractivity contribution in [1.82, 2.24) is 0 Å². The number of carbonyl (C=O) groups excluding carboxylic acids is 2. The number of ether oxygens (including phenoxy) is 5. The number of ketones is 1. The highest BCUT2D eigenvalue weighted by Gasteiger charge is 2.44. The molecule has 2 aliphatic heterocycles. The number of benzene rings is 2. The van der Waals surface area contributed by atoms with Crippen molar-refractivity contribution in [3.8, 4) is 23.0 Å².